The molecule has 1 aliphatic heterocycles. The van der Waals surface area contributed by atoms with Gasteiger partial charge < -0.3 is 20.4 Å². The zero-order valence-corrected chi connectivity index (χ0v) is 10.8. The topological polar surface area (TPSA) is 77.1 Å². The van der Waals surface area contributed by atoms with E-state index in [1.165, 1.54) is 0 Å². The van der Waals surface area contributed by atoms with Crippen LogP contribution in [0.1, 0.15) is 24.8 Å². The van der Waals surface area contributed by atoms with E-state index in [2.05, 4.69) is 5.16 Å². The molecule has 0 radical (unpaired) electrons. The summed E-state index contributed by atoms with van der Waals surface area (Å²) in [4.78, 5) is 0. The van der Waals surface area contributed by atoms with Crippen molar-refractivity contribution in [2.75, 3.05) is 13.2 Å². The number of rotatable bonds is 4. The molecular formula is C13H16F2N2O3. The normalized spacial score (nSPS) is 19.9. The Morgan fingerprint density at radius 1 is 1.40 bits per heavy atom. The van der Waals surface area contributed by atoms with E-state index in [1.807, 2.05) is 0 Å². The fourth-order valence-electron chi connectivity index (χ4n) is 2.02. The smallest absolute Gasteiger partial charge is 0.190 e. The van der Waals surface area contributed by atoms with Crippen molar-refractivity contribution in [3.8, 4) is 5.75 Å². The van der Waals surface area contributed by atoms with Crippen LogP contribution in [0.3, 0.4) is 0 Å². The first-order valence-electron chi connectivity index (χ1n) is 6.33. The van der Waals surface area contributed by atoms with Crippen molar-refractivity contribution in [2.24, 2.45) is 10.9 Å². The minimum atomic E-state index is -0.901. The van der Waals surface area contributed by atoms with Gasteiger partial charge in [0.25, 0.3) is 0 Å². The third kappa shape index (κ3) is 3.36. The van der Waals surface area contributed by atoms with Gasteiger partial charge in [-0.15, -0.1) is 0 Å². The molecule has 5 nitrogen and oxygen atoms in total. The summed E-state index contributed by atoms with van der Waals surface area (Å²) < 4.78 is 38.1. The van der Waals surface area contributed by atoms with Crippen molar-refractivity contribution < 1.29 is 23.5 Å². The first-order chi connectivity index (χ1) is 9.61. The SMILES string of the molecule is N/C(=N/O)c1cc(F)c(OCC2CCCCO2)c(F)c1. The number of nitrogens with zero attached hydrogens (tertiary/aromatic N) is 1. The Kier molecular flexibility index (Phi) is 4.73. The Hall–Kier alpha value is -1.89. The van der Waals surface area contributed by atoms with Crippen molar-refractivity contribution in [1.82, 2.24) is 0 Å². The van der Waals surface area contributed by atoms with Crippen molar-refractivity contribution >= 4 is 5.84 Å². The van der Waals surface area contributed by atoms with Gasteiger partial charge in [-0.25, -0.2) is 8.78 Å². The largest absolute Gasteiger partial charge is 0.485 e. The number of hydrogen-bond donors (Lipinski definition) is 2. The van der Waals surface area contributed by atoms with Crippen LogP contribution < -0.4 is 10.5 Å². The van der Waals surface area contributed by atoms with Gasteiger partial charge in [-0.05, 0) is 31.4 Å². The average Bonchev–Trinajstić information content (AvgIpc) is 2.46. The molecule has 0 aliphatic carbocycles. The van der Waals surface area contributed by atoms with Gasteiger partial charge in [-0.2, -0.15) is 0 Å². The Morgan fingerprint density at radius 2 is 2.10 bits per heavy atom. The zero-order valence-electron chi connectivity index (χ0n) is 10.8. The lowest BCUT2D eigenvalue weighted by Gasteiger charge is -2.22. The molecule has 0 aromatic heterocycles. The molecule has 0 bridgehead atoms. The molecule has 0 spiro atoms. The van der Waals surface area contributed by atoms with Crippen molar-refractivity contribution in [1.29, 1.82) is 0 Å². The summed E-state index contributed by atoms with van der Waals surface area (Å²) in [7, 11) is 0. The third-order valence-corrected chi connectivity index (χ3v) is 3.09. The number of benzene rings is 1. The van der Waals surface area contributed by atoms with Crippen LogP contribution in [0, 0.1) is 11.6 Å². The van der Waals surface area contributed by atoms with E-state index in [0.717, 1.165) is 31.4 Å². The van der Waals surface area contributed by atoms with Crippen molar-refractivity contribution in [3.63, 3.8) is 0 Å². The minimum absolute atomic E-state index is 0.0521. The molecule has 1 aromatic rings. The third-order valence-electron chi connectivity index (χ3n) is 3.09. The number of oxime groups is 1. The van der Waals surface area contributed by atoms with Crippen molar-refractivity contribution in [3.05, 3.63) is 29.3 Å². The van der Waals surface area contributed by atoms with E-state index in [9.17, 15) is 8.78 Å². The number of halogens is 2. The van der Waals surface area contributed by atoms with Crippen LogP contribution in [0.15, 0.2) is 17.3 Å². The quantitative estimate of drug-likeness (QED) is 0.384. The molecule has 1 saturated heterocycles. The monoisotopic (exact) mass is 286 g/mol. The van der Waals surface area contributed by atoms with Gasteiger partial charge in [0.05, 0.1) is 6.10 Å². The van der Waals surface area contributed by atoms with Crippen LogP contribution in [0.2, 0.25) is 0 Å². The Morgan fingerprint density at radius 3 is 2.65 bits per heavy atom. The highest BCUT2D eigenvalue weighted by atomic mass is 19.1. The zero-order chi connectivity index (χ0) is 14.5. The summed E-state index contributed by atoms with van der Waals surface area (Å²) in [6.07, 6.45) is 2.67. The Balaban J connectivity index is 2.08. The molecule has 1 aromatic carbocycles. The van der Waals surface area contributed by atoms with Crippen LogP contribution in [-0.2, 0) is 4.74 Å². The molecule has 1 atom stereocenters. The van der Waals surface area contributed by atoms with E-state index < -0.39 is 17.4 Å². The highest BCUT2D eigenvalue weighted by Gasteiger charge is 2.19. The second-order valence-corrected chi connectivity index (χ2v) is 4.55. The molecule has 1 unspecified atom stereocenters. The van der Waals surface area contributed by atoms with Gasteiger partial charge in [0.2, 0.25) is 0 Å². The molecule has 3 N–H and O–H groups in total. The lowest BCUT2D eigenvalue weighted by Crippen LogP contribution is -2.26. The van der Waals surface area contributed by atoms with Crippen LogP contribution in [0.4, 0.5) is 8.78 Å². The van der Waals surface area contributed by atoms with E-state index >= 15 is 0 Å². The Bertz CT molecular complexity index is 479. The van der Waals surface area contributed by atoms with Crippen molar-refractivity contribution in [2.45, 2.75) is 25.4 Å². The van der Waals surface area contributed by atoms with Gasteiger partial charge in [-0.1, -0.05) is 5.16 Å². The number of amidine groups is 1. The first-order valence-corrected chi connectivity index (χ1v) is 6.33. The van der Waals surface area contributed by atoms with Crippen LogP contribution in [0.5, 0.6) is 5.75 Å². The maximum Gasteiger partial charge on any atom is 0.190 e. The lowest BCUT2D eigenvalue weighted by atomic mass is 10.1. The van der Waals surface area contributed by atoms with E-state index in [-0.39, 0.29) is 24.1 Å². The van der Waals surface area contributed by atoms with Gasteiger partial charge in [0, 0.05) is 12.2 Å². The fraction of sp³-hybridized carbons (Fsp3) is 0.462. The molecule has 1 aliphatic rings. The average molecular weight is 286 g/mol. The standard InChI is InChI=1S/C13H16F2N2O3/c14-10-5-8(13(16)17-18)6-11(15)12(10)20-7-9-3-1-2-4-19-9/h5-6,9,18H,1-4,7H2,(H2,16,17). The van der Waals surface area contributed by atoms with Gasteiger partial charge in [0.1, 0.15) is 6.61 Å². The molecule has 20 heavy (non-hydrogen) atoms. The summed E-state index contributed by atoms with van der Waals surface area (Å²) in [5.41, 5.74) is 5.23. The molecule has 0 amide bonds. The van der Waals surface area contributed by atoms with Crippen LogP contribution in [-0.4, -0.2) is 30.4 Å². The van der Waals surface area contributed by atoms with Crippen LogP contribution >= 0.6 is 0 Å². The molecule has 1 heterocycles. The minimum Gasteiger partial charge on any atom is -0.485 e. The van der Waals surface area contributed by atoms with Gasteiger partial charge >= 0.3 is 0 Å². The summed E-state index contributed by atoms with van der Waals surface area (Å²) in [6.45, 7) is 0.734. The van der Waals surface area contributed by atoms with E-state index in [0.29, 0.717) is 6.61 Å². The van der Waals surface area contributed by atoms with E-state index in [1.54, 1.807) is 0 Å². The Labute approximate surface area is 115 Å². The molecule has 110 valence electrons. The van der Waals surface area contributed by atoms with Gasteiger partial charge in [0.15, 0.2) is 23.2 Å². The number of nitrogens with two attached hydrogens (primary N) is 1. The molecule has 2 rings (SSSR count). The highest BCUT2D eigenvalue weighted by molar-refractivity contribution is 5.97. The summed E-state index contributed by atoms with van der Waals surface area (Å²) in [6, 6.07) is 1.91. The van der Waals surface area contributed by atoms with Gasteiger partial charge in [-0.3, -0.25) is 0 Å². The second-order valence-electron chi connectivity index (χ2n) is 4.55. The predicted molar refractivity (Wildman–Crippen MR) is 68.0 cm³/mol. The van der Waals surface area contributed by atoms with E-state index in [4.69, 9.17) is 20.4 Å². The number of hydrogen-bond acceptors (Lipinski definition) is 4. The lowest BCUT2D eigenvalue weighted by molar-refractivity contribution is -0.0124. The first kappa shape index (κ1) is 14.5. The van der Waals surface area contributed by atoms with Crippen LogP contribution in [0.25, 0.3) is 0 Å². The molecule has 0 saturated carbocycles. The summed E-state index contributed by atoms with van der Waals surface area (Å²) in [5.74, 6) is -2.65. The summed E-state index contributed by atoms with van der Waals surface area (Å²) >= 11 is 0. The maximum atomic E-state index is 13.8. The number of ether oxygens (including phenoxy) is 2. The summed E-state index contributed by atoms with van der Waals surface area (Å²) in [5, 5.41) is 11.2. The molecular weight excluding hydrogens is 270 g/mol. The fourth-order valence-corrected chi connectivity index (χ4v) is 2.02. The predicted octanol–water partition coefficient (Wildman–Crippen LogP) is 2.01. The second kappa shape index (κ2) is 6.51. The highest BCUT2D eigenvalue weighted by Crippen LogP contribution is 2.24. The molecule has 7 heteroatoms. The molecule has 1 fully saturated rings. The maximum absolute atomic E-state index is 13.8.